The molecule has 4 heteroatoms. The summed E-state index contributed by atoms with van der Waals surface area (Å²) in [6.45, 7) is 2.28. The summed E-state index contributed by atoms with van der Waals surface area (Å²) in [6, 6.07) is 8.04. The van der Waals surface area contributed by atoms with Crippen LogP contribution in [0, 0.1) is 0 Å². The third kappa shape index (κ3) is 2.89. The number of hydrogen-bond acceptors (Lipinski definition) is 3. The van der Waals surface area contributed by atoms with E-state index in [2.05, 4.69) is 6.92 Å². The molecule has 1 aromatic rings. The van der Waals surface area contributed by atoms with Crippen LogP contribution >= 0.6 is 35.1 Å². The van der Waals surface area contributed by atoms with Crippen LogP contribution in [0.2, 0.25) is 5.02 Å². The van der Waals surface area contributed by atoms with E-state index in [0.29, 0.717) is 10.5 Å². The first kappa shape index (κ1) is 12.6. The van der Waals surface area contributed by atoms with Crippen molar-refractivity contribution in [2.24, 2.45) is 5.73 Å². The molecule has 0 saturated carbocycles. The first-order valence-electron chi connectivity index (χ1n) is 5.43. The highest BCUT2D eigenvalue weighted by atomic mass is 35.5. The van der Waals surface area contributed by atoms with Crippen molar-refractivity contribution in [2.75, 3.05) is 11.5 Å². The molecule has 0 aromatic heterocycles. The monoisotopic (exact) mass is 273 g/mol. The van der Waals surface area contributed by atoms with Gasteiger partial charge < -0.3 is 5.73 Å². The van der Waals surface area contributed by atoms with E-state index in [9.17, 15) is 0 Å². The Hall–Kier alpha value is 0.170. The van der Waals surface area contributed by atoms with Crippen molar-refractivity contribution < 1.29 is 0 Å². The summed E-state index contributed by atoms with van der Waals surface area (Å²) >= 11 is 9.91. The van der Waals surface area contributed by atoms with Crippen LogP contribution < -0.4 is 5.73 Å². The Kier molecular flexibility index (Phi) is 4.48. The van der Waals surface area contributed by atoms with Gasteiger partial charge >= 0.3 is 0 Å². The van der Waals surface area contributed by atoms with Crippen molar-refractivity contribution in [3.05, 3.63) is 34.9 Å². The Balaban J connectivity index is 2.11. The Morgan fingerprint density at radius 1 is 1.25 bits per heavy atom. The molecule has 88 valence electrons. The summed E-state index contributed by atoms with van der Waals surface area (Å²) in [4.78, 5) is 0. The fraction of sp³-hybridized carbons (Fsp3) is 0.500. The van der Waals surface area contributed by atoms with Crippen LogP contribution in [0.25, 0.3) is 0 Å². The van der Waals surface area contributed by atoms with Gasteiger partial charge in [0.2, 0.25) is 0 Å². The number of nitrogens with two attached hydrogens (primary N) is 1. The van der Waals surface area contributed by atoms with Gasteiger partial charge in [0.1, 0.15) is 0 Å². The van der Waals surface area contributed by atoms with E-state index < -0.39 is 0 Å². The maximum atomic E-state index is 6.33. The molecule has 1 aliphatic heterocycles. The standard InChI is InChI=1S/C12H16ClNS2/c1-8-12(16-7-6-15-8)11(14)9-2-4-10(13)5-3-9/h2-5,8,11-12H,6-7,14H2,1H3. The van der Waals surface area contributed by atoms with Crippen LogP contribution in [0.5, 0.6) is 0 Å². The molecule has 1 fully saturated rings. The highest BCUT2D eigenvalue weighted by Gasteiger charge is 2.28. The van der Waals surface area contributed by atoms with Gasteiger partial charge in [-0.3, -0.25) is 0 Å². The Labute approximate surface area is 111 Å². The first-order valence-corrected chi connectivity index (χ1v) is 7.90. The maximum Gasteiger partial charge on any atom is 0.0426 e. The summed E-state index contributed by atoms with van der Waals surface area (Å²) in [5.74, 6) is 2.45. The van der Waals surface area contributed by atoms with Crippen LogP contribution in [-0.2, 0) is 0 Å². The van der Waals surface area contributed by atoms with Crippen molar-refractivity contribution in [3.63, 3.8) is 0 Å². The van der Waals surface area contributed by atoms with E-state index in [-0.39, 0.29) is 6.04 Å². The lowest BCUT2D eigenvalue weighted by Gasteiger charge is -2.32. The van der Waals surface area contributed by atoms with E-state index in [1.54, 1.807) is 0 Å². The minimum atomic E-state index is 0.116. The summed E-state index contributed by atoms with van der Waals surface area (Å²) in [6.07, 6.45) is 0. The van der Waals surface area contributed by atoms with Crippen molar-refractivity contribution in [1.82, 2.24) is 0 Å². The zero-order valence-corrected chi connectivity index (χ0v) is 11.6. The van der Waals surface area contributed by atoms with Gasteiger partial charge in [-0.15, -0.1) is 0 Å². The molecular formula is C12H16ClNS2. The van der Waals surface area contributed by atoms with Gasteiger partial charge in [0.05, 0.1) is 0 Å². The fourth-order valence-corrected chi connectivity index (χ4v) is 4.92. The largest absolute Gasteiger partial charge is 0.323 e. The lowest BCUT2D eigenvalue weighted by atomic mass is 10.0. The van der Waals surface area contributed by atoms with Crippen molar-refractivity contribution in [3.8, 4) is 0 Å². The van der Waals surface area contributed by atoms with Crippen LogP contribution in [0.3, 0.4) is 0 Å². The number of thioether (sulfide) groups is 2. The highest BCUT2D eigenvalue weighted by Crippen LogP contribution is 2.37. The number of benzene rings is 1. The maximum absolute atomic E-state index is 6.33. The van der Waals surface area contributed by atoms with E-state index >= 15 is 0 Å². The Bertz CT molecular complexity index is 341. The van der Waals surface area contributed by atoms with E-state index in [4.69, 9.17) is 17.3 Å². The van der Waals surface area contributed by atoms with Crippen molar-refractivity contribution >= 4 is 35.1 Å². The molecule has 0 aliphatic carbocycles. The second kappa shape index (κ2) is 5.67. The van der Waals surface area contributed by atoms with E-state index in [1.165, 1.54) is 17.1 Å². The van der Waals surface area contributed by atoms with E-state index in [0.717, 1.165) is 5.02 Å². The van der Waals surface area contributed by atoms with Crippen molar-refractivity contribution in [2.45, 2.75) is 23.5 Å². The van der Waals surface area contributed by atoms with Crippen LogP contribution in [0.1, 0.15) is 18.5 Å². The fourth-order valence-electron chi connectivity index (χ4n) is 1.92. The van der Waals surface area contributed by atoms with Gasteiger partial charge in [-0.25, -0.2) is 0 Å². The molecule has 0 bridgehead atoms. The molecule has 1 heterocycles. The highest BCUT2D eigenvalue weighted by molar-refractivity contribution is 8.07. The average molecular weight is 274 g/mol. The van der Waals surface area contributed by atoms with Crippen LogP contribution in [0.15, 0.2) is 24.3 Å². The SMILES string of the molecule is CC1SCCSC1C(N)c1ccc(Cl)cc1. The summed E-state index contributed by atoms with van der Waals surface area (Å²) < 4.78 is 0. The molecular weight excluding hydrogens is 258 g/mol. The molecule has 0 spiro atoms. The molecule has 1 saturated heterocycles. The Morgan fingerprint density at radius 2 is 1.88 bits per heavy atom. The van der Waals surface area contributed by atoms with Crippen LogP contribution in [0.4, 0.5) is 0 Å². The van der Waals surface area contributed by atoms with Gasteiger partial charge in [0, 0.05) is 33.1 Å². The zero-order chi connectivity index (χ0) is 11.5. The molecule has 3 unspecified atom stereocenters. The van der Waals surface area contributed by atoms with Gasteiger partial charge in [-0.2, -0.15) is 23.5 Å². The second-order valence-electron chi connectivity index (χ2n) is 3.99. The molecule has 2 rings (SSSR count). The average Bonchev–Trinajstić information content (AvgIpc) is 2.30. The quantitative estimate of drug-likeness (QED) is 0.892. The molecule has 1 aromatic carbocycles. The normalized spacial score (nSPS) is 27.7. The third-order valence-electron chi connectivity index (χ3n) is 2.85. The van der Waals surface area contributed by atoms with Crippen molar-refractivity contribution in [1.29, 1.82) is 0 Å². The third-order valence-corrected chi connectivity index (χ3v) is 6.31. The van der Waals surface area contributed by atoms with Gasteiger partial charge in [-0.05, 0) is 17.7 Å². The van der Waals surface area contributed by atoms with Crippen LogP contribution in [-0.4, -0.2) is 22.0 Å². The topological polar surface area (TPSA) is 26.0 Å². The Morgan fingerprint density at radius 3 is 2.50 bits per heavy atom. The lowest BCUT2D eigenvalue weighted by molar-refractivity contribution is 0.664. The minimum absolute atomic E-state index is 0.116. The minimum Gasteiger partial charge on any atom is -0.323 e. The molecule has 2 N–H and O–H groups in total. The molecule has 0 amide bonds. The number of rotatable bonds is 2. The summed E-state index contributed by atoms with van der Waals surface area (Å²) in [5, 5.41) is 1.92. The molecule has 0 radical (unpaired) electrons. The van der Waals surface area contributed by atoms with Gasteiger partial charge in [0.15, 0.2) is 0 Å². The molecule has 3 atom stereocenters. The molecule has 16 heavy (non-hydrogen) atoms. The summed E-state index contributed by atoms with van der Waals surface area (Å²) in [5.41, 5.74) is 7.52. The predicted molar refractivity (Wildman–Crippen MR) is 76.5 cm³/mol. The molecule has 1 nitrogen and oxygen atoms in total. The second-order valence-corrected chi connectivity index (χ2v) is 7.20. The van der Waals surface area contributed by atoms with Gasteiger partial charge in [0.25, 0.3) is 0 Å². The number of hydrogen-bond donors (Lipinski definition) is 1. The number of halogens is 1. The first-order chi connectivity index (χ1) is 7.68. The van der Waals surface area contributed by atoms with Gasteiger partial charge in [-0.1, -0.05) is 30.7 Å². The zero-order valence-electron chi connectivity index (χ0n) is 9.23. The lowest BCUT2D eigenvalue weighted by Crippen LogP contribution is -2.34. The summed E-state index contributed by atoms with van der Waals surface area (Å²) in [7, 11) is 0. The molecule has 1 aliphatic rings. The predicted octanol–water partition coefficient (Wildman–Crippen LogP) is 3.58. The smallest absolute Gasteiger partial charge is 0.0426 e. The van der Waals surface area contributed by atoms with E-state index in [1.807, 2.05) is 47.8 Å².